The van der Waals surface area contributed by atoms with Crippen LogP contribution in [0.1, 0.15) is 43.1 Å². The number of rotatable bonds is 8. The van der Waals surface area contributed by atoms with Crippen molar-refractivity contribution in [1.29, 1.82) is 0 Å². The monoisotopic (exact) mass is 238 g/mol. The summed E-state index contributed by atoms with van der Waals surface area (Å²) in [4.78, 5) is 0. The minimum atomic E-state index is 0.317. The SMILES string of the molecule is CCn1c(C)cc(CNCCCCCO)c1C. The second-order valence-corrected chi connectivity index (χ2v) is 4.60. The number of aliphatic hydroxyl groups excluding tert-OH is 1. The number of unbranched alkanes of at least 4 members (excludes halogenated alkanes) is 2. The van der Waals surface area contributed by atoms with Gasteiger partial charge in [0.2, 0.25) is 0 Å². The van der Waals surface area contributed by atoms with Gasteiger partial charge in [-0.3, -0.25) is 0 Å². The van der Waals surface area contributed by atoms with Gasteiger partial charge in [-0.25, -0.2) is 0 Å². The summed E-state index contributed by atoms with van der Waals surface area (Å²) in [5.41, 5.74) is 4.14. The third kappa shape index (κ3) is 4.17. The van der Waals surface area contributed by atoms with Gasteiger partial charge in [0.1, 0.15) is 0 Å². The van der Waals surface area contributed by atoms with Crippen molar-refractivity contribution in [2.45, 2.75) is 53.1 Å². The minimum absolute atomic E-state index is 0.317. The molecule has 0 unspecified atom stereocenters. The fourth-order valence-electron chi connectivity index (χ4n) is 2.30. The highest BCUT2D eigenvalue weighted by Gasteiger charge is 2.06. The second-order valence-electron chi connectivity index (χ2n) is 4.60. The van der Waals surface area contributed by atoms with Crippen LogP contribution in [0.5, 0.6) is 0 Å². The highest BCUT2D eigenvalue weighted by molar-refractivity contribution is 5.26. The Morgan fingerprint density at radius 2 is 2.00 bits per heavy atom. The van der Waals surface area contributed by atoms with E-state index in [0.717, 1.165) is 38.9 Å². The average molecular weight is 238 g/mol. The minimum Gasteiger partial charge on any atom is -0.396 e. The van der Waals surface area contributed by atoms with E-state index in [-0.39, 0.29) is 0 Å². The molecule has 1 rings (SSSR count). The highest BCUT2D eigenvalue weighted by Crippen LogP contribution is 2.14. The number of hydrogen-bond acceptors (Lipinski definition) is 2. The Labute approximate surface area is 105 Å². The quantitative estimate of drug-likeness (QED) is 0.682. The van der Waals surface area contributed by atoms with E-state index in [9.17, 15) is 0 Å². The Balaban J connectivity index is 2.32. The lowest BCUT2D eigenvalue weighted by Gasteiger charge is -2.07. The molecule has 1 aromatic rings. The molecule has 1 heterocycles. The molecule has 98 valence electrons. The van der Waals surface area contributed by atoms with Crippen LogP contribution in [-0.2, 0) is 13.1 Å². The van der Waals surface area contributed by atoms with E-state index in [1.54, 1.807) is 0 Å². The predicted octanol–water partition coefficient (Wildman–Crippen LogP) is 2.38. The number of aromatic nitrogens is 1. The summed E-state index contributed by atoms with van der Waals surface area (Å²) in [5.74, 6) is 0. The summed E-state index contributed by atoms with van der Waals surface area (Å²) in [5, 5.41) is 12.1. The number of hydrogen-bond donors (Lipinski definition) is 2. The average Bonchev–Trinajstić information content (AvgIpc) is 2.58. The molecule has 0 atom stereocenters. The molecule has 0 saturated carbocycles. The molecule has 1 aromatic heterocycles. The fourth-order valence-corrected chi connectivity index (χ4v) is 2.30. The van der Waals surface area contributed by atoms with Gasteiger partial charge in [0.25, 0.3) is 0 Å². The molecule has 0 aromatic carbocycles. The van der Waals surface area contributed by atoms with Gasteiger partial charge in [-0.15, -0.1) is 0 Å². The molecule has 0 radical (unpaired) electrons. The van der Waals surface area contributed by atoms with Gasteiger partial charge in [0.15, 0.2) is 0 Å². The zero-order chi connectivity index (χ0) is 12.7. The van der Waals surface area contributed by atoms with Crippen LogP contribution >= 0.6 is 0 Å². The maximum Gasteiger partial charge on any atom is 0.0431 e. The lowest BCUT2D eigenvalue weighted by molar-refractivity contribution is 0.283. The van der Waals surface area contributed by atoms with Crippen LogP contribution < -0.4 is 5.32 Å². The highest BCUT2D eigenvalue weighted by atomic mass is 16.2. The lowest BCUT2D eigenvalue weighted by Crippen LogP contribution is -2.15. The van der Waals surface area contributed by atoms with Crippen molar-refractivity contribution in [3.05, 3.63) is 23.0 Å². The molecule has 0 bridgehead atoms. The van der Waals surface area contributed by atoms with Crippen LogP contribution in [0.2, 0.25) is 0 Å². The smallest absolute Gasteiger partial charge is 0.0431 e. The van der Waals surface area contributed by atoms with Gasteiger partial charge in [-0.1, -0.05) is 0 Å². The zero-order valence-corrected chi connectivity index (χ0v) is 11.4. The molecule has 17 heavy (non-hydrogen) atoms. The summed E-state index contributed by atoms with van der Waals surface area (Å²) < 4.78 is 2.35. The van der Waals surface area contributed by atoms with E-state index in [0.29, 0.717) is 6.61 Å². The molecule has 0 aliphatic rings. The summed E-state index contributed by atoms with van der Waals surface area (Å²) in [6.45, 7) is 9.91. The van der Waals surface area contributed by atoms with E-state index >= 15 is 0 Å². The summed E-state index contributed by atoms with van der Waals surface area (Å²) in [7, 11) is 0. The Morgan fingerprint density at radius 3 is 2.59 bits per heavy atom. The number of nitrogens with one attached hydrogen (secondary N) is 1. The Kier molecular flexibility index (Phi) is 6.30. The summed E-state index contributed by atoms with van der Waals surface area (Å²) >= 11 is 0. The van der Waals surface area contributed by atoms with Crippen LogP contribution in [0.4, 0.5) is 0 Å². The second kappa shape index (κ2) is 7.51. The Bertz CT molecular complexity index is 331. The third-order valence-electron chi connectivity index (χ3n) is 3.32. The van der Waals surface area contributed by atoms with Crippen molar-refractivity contribution >= 4 is 0 Å². The largest absolute Gasteiger partial charge is 0.396 e. The normalized spacial score (nSPS) is 11.1. The van der Waals surface area contributed by atoms with Crippen LogP contribution in [0, 0.1) is 13.8 Å². The standard InChI is InChI=1S/C14H26N2O/c1-4-16-12(2)10-14(13(16)3)11-15-8-6-5-7-9-17/h10,15,17H,4-9,11H2,1-3H3. The molecule has 0 fully saturated rings. The molecule has 2 N–H and O–H groups in total. The van der Waals surface area contributed by atoms with Crippen molar-refractivity contribution in [2.75, 3.05) is 13.2 Å². The molecular formula is C14H26N2O. The number of aryl methyl sites for hydroxylation is 1. The Hall–Kier alpha value is -0.800. The van der Waals surface area contributed by atoms with Crippen LogP contribution in [0.15, 0.2) is 6.07 Å². The van der Waals surface area contributed by atoms with Gasteiger partial charge in [-0.05, 0) is 58.2 Å². The van der Waals surface area contributed by atoms with Crippen LogP contribution in [0.3, 0.4) is 0 Å². The molecule has 0 aliphatic heterocycles. The van der Waals surface area contributed by atoms with Crippen LogP contribution in [0.25, 0.3) is 0 Å². The molecule has 0 spiro atoms. The maximum absolute atomic E-state index is 8.67. The van der Waals surface area contributed by atoms with Crippen molar-refractivity contribution in [3.63, 3.8) is 0 Å². The van der Waals surface area contributed by atoms with Crippen LogP contribution in [-0.4, -0.2) is 22.8 Å². The first-order valence-electron chi connectivity index (χ1n) is 6.67. The van der Waals surface area contributed by atoms with Gasteiger partial charge in [0, 0.05) is 31.1 Å². The van der Waals surface area contributed by atoms with Crippen molar-refractivity contribution < 1.29 is 5.11 Å². The first-order valence-corrected chi connectivity index (χ1v) is 6.67. The third-order valence-corrected chi connectivity index (χ3v) is 3.32. The molecule has 3 heteroatoms. The number of aliphatic hydroxyl groups is 1. The van der Waals surface area contributed by atoms with Gasteiger partial charge < -0.3 is 15.0 Å². The van der Waals surface area contributed by atoms with E-state index < -0.39 is 0 Å². The Morgan fingerprint density at radius 1 is 1.24 bits per heavy atom. The molecule has 0 saturated heterocycles. The van der Waals surface area contributed by atoms with E-state index in [4.69, 9.17) is 5.11 Å². The number of nitrogens with zero attached hydrogens (tertiary/aromatic N) is 1. The molecule has 0 aliphatic carbocycles. The topological polar surface area (TPSA) is 37.2 Å². The van der Waals surface area contributed by atoms with E-state index in [1.165, 1.54) is 17.0 Å². The first-order chi connectivity index (χ1) is 8.20. The lowest BCUT2D eigenvalue weighted by atomic mass is 10.2. The zero-order valence-electron chi connectivity index (χ0n) is 11.4. The predicted molar refractivity (Wildman–Crippen MR) is 72.2 cm³/mol. The van der Waals surface area contributed by atoms with Crippen molar-refractivity contribution in [3.8, 4) is 0 Å². The maximum atomic E-state index is 8.67. The van der Waals surface area contributed by atoms with E-state index in [1.807, 2.05) is 0 Å². The molecular weight excluding hydrogens is 212 g/mol. The van der Waals surface area contributed by atoms with Gasteiger partial charge in [0.05, 0.1) is 0 Å². The van der Waals surface area contributed by atoms with Crippen molar-refractivity contribution in [2.24, 2.45) is 0 Å². The van der Waals surface area contributed by atoms with Crippen molar-refractivity contribution in [1.82, 2.24) is 9.88 Å². The van der Waals surface area contributed by atoms with Gasteiger partial charge >= 0.3 is 0 Å². The molecule has 0 amide bonds. The van der Waals surface area contributed by atoms with E-state index in [2.05, 4.69) is 36.7 Å². The fraction of sp³-hybridized carbons (Fsp3) is 0.714. The molecule has 3 nitrogen and oxygen atoms in total. The first kappa shape index (κ1) is 14.3. The summed E-state index contributed by atoms with van der Waals surface area (Å²) in [6, 6.07) is 2.28. The van der Waals surface area contributed by atoms with Gasteiger partial charge in [-0.2, -0.15) is 0 Å². The summed E-state index contributed by atoms with van der Waals surface area (Å²) in [6.07, 6.45) is 3.18.